The highest BCUT2D eigenvalue weighted by molar-refractivity contribution is 8.01. The molecular formula is C21H20N4O3S3. The Morgan fingerprint density at radius 3 is 2.55 bits per heavy atom. The number of rotatable bonds is 7. The minimum absolute atomic E-state index is 0.188. The number of aromatic nitrogens is 3. The number of nitrogens with zero attached hydrogens (tertiary/aromatic N) is 3. The molecule has 4 aromatic rings. The molecule has 0 aliphatic carbocycles. The lowest BCUT2D eigenvalue weighted by atomic mass is 10.2. The van der Waals surface area contributed by atoms with Crippen LogP contribution in [0.2, 0.25) is 0 Å². The van der Waals surface area contributed by atoms with E-state index < -0.39 is 0 Å². The van der Waals surface area contributed by atoms with E-state index in [4.69, 9.17) is 9.47 Å². The van der Waals surface area contributed by atoms with E-state index in [0.29, 0.717) is 21.4 Å². The third-order valence-corrected chi connectivity index (χ3v) is 7.64. The summed E-state index contributed by atoms with van der Waals surface area (Å²) in [7, 11) is 3.14. The number of methoxy groups -OCH3 is 2. The van der Waals surface area contributed by atoms with Crippen LogP contribution in [0.1, 0.15) is 26.8 Å². The topological polar surface area (TPSA) is 86.2 Å². The van der Waals surface area contributed by atoms with Gasteiger partial charge in [-0.15, -0.1) is 22.7 Å². The van der Waals surface area contributed by atoms with Crippen molar-refractivity contribution in [2.45, 2.75) is 29.7 Å². The van der Waals surface area contributed by atoms with E-state index >= 15 is 0 Å². The molecule has 0 fully saturated rings. The molecule has 31 heavy (non-hydrogen) atoms. The van der Waals surface area contributed by atoms with Crippen molar-refractivity contribution in [3.63, 3.8) is 0 Å². The van der Waals surface area contributed by atoms with Crippen molar-refractivity contribution < 1.29 is 14.3 Å². The average Bonchev–Trinajstić information content (AvgIpc) is 3.32. The first-order valence-corrected chi connectivity index (χ1v) is 11.8. The number of anilines is 1. The number of fused-ring (bicyclic) bond motifs is 1. The van der Waals surface area contributed by atoms with Crippen molar-refractivity contribution >= 4 is 56.2 Å². The maximum Gasteiger partial charge on any atom is 0.266 e. The van der Waals surface area contributed by atoms with Crippen molar-refractivity contribution in [3.05, 3.63) is 51.6 Å². The van der Waals surface area contributed by atoms with Gasteiger partial charge in [0.05, 0.1) is 17.4 Å². The second kappa shape index (κ2) is 9.31. The summed E-state index contributed by atoms with van der Waals surface area (Å²) in [5.74, 6) is 0.777. The largest absolute Gasteiger partial charge is 0.480 e. The van der Waals surface area contributed by atoms with Crippen LogP contribution < -0.4 is 10.1 Å². The fraction of sp³-hybridized carbons (Fsp3) is 0.238. The van der Waals surface area contributed by atoms with Crippen LogP contribution in [0, 0.1) is 13.8 Å². The number of amides is 1. The van der Waals surface area contributed by atoms with Gasteiger partial charge in [0, 0.05) is 28.8 Å². The smallest absolute Gasteiger partial charge is 0.266 e. The SMILES string of the molecule is COCc1nc(OC)c2c(C)c(C(=O)Nc3ccc(Sc4nc(C)cs4)cc3)sc2n1. The van der Waals surface area contributed by atoms with Crippen molar-refractivity contribution in [2.24, 2.45) is 0 Å². The lowest BCUT2D eigenvalue weighted by molar-refractivity contribution is 0.103. The van der Waals surface area contributed by atoms with Crippen LogP contribution >= 0.6 is 34.4 Å². The molecule has 1 N–H and O–H groups in total. The van der Waals surface area contributed by atoms with E-state index in [-0.39, 0.29) is 12.5 Å². The van der Waals surface area contributed by atoms with Gasteiger partial charge in [0.25, 0.3) is 5.91 Å². The number of nitrogens with one attached hydrogen (secondary N) is 1. The number of hydrogen-bond acceptors (Lipinski definition) is 9. The molecule has 160 valence electrons. The van der Waals surface area contributed by atoms with Gasteiger partial charge in [0.1, 0.15) is 11.4 Å². The highest BCUT2D eigenvalue weighted by Gasteiger charge is 2.21. The minimum atomic E-state index is -0.188. The van der Waals surface area contributed by atoms with Crippen molar-refractivity contribution in [3.8, 4) is 5.88 Å². The molecule has 1 amide bonds. The van der Waals surface area contributed by atoms with Crippen LogP contribution in [0.25, 0.3) is 10.2 Å². The number of ether oxygens (including phenoxy) is 2. The monoisotopic (exact) mass is 472 g/mol. The van der Waals surface area contributed by atoms with E-state index in [0.717, 1.165) is 31.6 Å². The third-order valence-electron chi connectivity index (χ3n) is 4.39. The maximum absolute atomic E-state index is 13.0. The van der Waals surface area contributed by atoms with Gasteiger partial charge in [0.15, 0.2) is 10.2 Å². The zero-order chi connectivity index (χ0) is 22.0. The second-order valence-corrected chi connectivity index (χ2v) is 9.83. The Morgan fingerprint density at radius 1 is 1.13 bits per heavy atom. The molecule has 0 saturated heterocycles. The third kappa shape index (κ3) is 4.72. The second-order valence-electron chi connectivity index (χ2n) is 6.65. The van der Waals surface area contributed by atoms with Crippen LogP contribution in [0.4, 0.5) is 5.69 Å². The van der Waals surface area contributed by atoms with E-state index in [1.807, 2.05) is 43.5 Å². The van der Waals surface area contributed by atoms with Crippen LogP contribution in [-0.2, 0) is 11.3 Å². The number of thiazole rings is 1. The quantitative estimate of drug-likeness (QED) is 0.389. The fourth-order valence-electron chi connectivity index (χ4n) is 2.98. The standard InChI is InChI=1S/C21H20N4O3S3/c1-11-10-29-21(22-11)30-14-7-5-13(6-8-14)23-18(26)17-12(2)16-19(28-4)24-15(9-27-3)25-20(16)31-17/h5-8,10H,9H2,1-4H3,(H,23,26). The molecule has 3 aromatic heterocycles. The zero-order valence-corrected chi connectivity index (χ0v) is 19.8. The van der Waals surface area contributed by atoms with Crippen LogP contribution in [0.5, 0.6) is 5.88 Å². The van der Waals surface area contributed by atoms with Crippen LogP contribution in [0.15, 0.2) is 38.9 Å². The summed E-state index contributed by atoms with van der Waals surface area (Å²) in [5.41, 5.74) is 2.54. The van der Waals surface area contributed by atoms with Gasteiger partial charge in [0.2, 0.25) is 5.88 Å². The average molecular weight is 473 g/mol. The number of aryl methyl sites for hydroxylation is 2. The van der Waals surface area contributed by atoms with Gasteiger partial charge in [-0.3, -0.25) is 4.79 Å². The number of carbonyl (C=O) groups is 1. The molecule has 0 bridgehead atoms. The van der Waals surface area contributed by atoms with Gasteiger partial charge in [-0.25, -0.2) is 9.97 Å². The molecule has 3 heterocycles. The Balaban J connectivity index is 1.54. The van der Waals surface area contributed by atoms with E-state index in [1.165, 1.54) is 11.3 Å². The molecule has 0 aliphatic heterocycles. The van der Waals surface area contributed by atoms with E-state index in [9.17, 15) is 4.79 Å². The summed E-state index contributed by atoms with van der Waals surface area (Å²) in [4.78, 5) is 28.7. The Kier molecular flexibility index (Phi) is 6.51. The van der Waals surface area contributed by atoms with Gasteiger partial charge in [-0.2, -0.15) is 4.98 Å². The highest BCUT2D eigenvalue weighted by Crippen LogP contribution is 2.36. The lowest BCUT2D eigenvalue weighted by Crippen LogP contribution is -2.11. The Bertz CT molecular complexity index is 1230. The molecule has 0 aliphatic rings. The van der Waals surface area contributed by atoms with Crippen molar-refractivity contribution in [1.29, 1.82) is 0 Å². The molecule has 7 nitrogen and oxygen atoms in total. The van der Waals surface area contributed by atoms with E-state index in [2.05, 4.69) is 20.3 Å². The highest BCUT2D eigenvalue weighted by atomic mass is 32.2. The molecule has 0 spiro atoms. The molecule has 4 rings (SSSR count). The number of benzene rings is 1. The van der Waals surface area contributed by atoms with Crippen molar-refractivity contribution in [2.75, 3.05) is 19.5 Å². The molecule has 0 saturated carbocycles. The fourth-order valence-corrected chi connectivity index (χ4v) is 5.87. The molecular weight excluding hydrogens is 452 g/mol. The molecule has 10 heteroatoms. The molecule has 0 atom stereocenters. The number of thiophene rings is 1. The summed E-state index contributed by atoms with van der Waals surface area (Å²) < 4.78 is 11.6. The first-order chi connectivity index (χ1) is 15.0. The predicted octanol–water partition coefficient (Wildman–Crippen LogP) is 5.32. The first-order valence-electron chi connectivity index (χ1n) is 9.32. The van der Waals surface area contributed by atoms with Gasteiger partial charge in [-0.05, 0) is 43.7 Å². The summed E-state index contributed by atoms with van der Waals surface area (Å²) >= 11 is 4.54. The minimum Gasteiger partial charge on any atom is -0.480 e. The van der Waals surface area contributed by atoms with Crippen LogP contribution in [0.3, 0.4) is 0 Å². The lowest BCUT2D eigenvalue weighted by Gasteiger charge is -2.06. The Morgan fingerprint density at radius 2 is 1.90 bits per heavy atom. The Labute approximate surface area is 191 Å². The zero-order valence-electron chi connectivity index (χ0n) is 17.4. The number of carbonyl (C=O) groups excluding carboxylic acids is 1. The number of hydrogen-bond donors (Lipinski definition) is 1. The summed E-state index contributed by atoms with van der Waals surface area (Å²) in [5, 5.41) is 5.75. The maximum atomic E-state index is 13.0. The summed E-state index contributed by atoms with van der Waals surface area (Å²) in [6.45, 7) is 4.13. The summed E-state index contributed by atoms with van der Waals surface area (Å²) in [6, 6.07) is 7.72. The van der Waals surface area contributed by atoms with Crippen molar-refractivity contribution in [1.82, 2.24) is 15.0 Å². The van der Waals surface area contributed by atoms with Gasteiger partial charge < -0.3 is 14.8 Å². The first kappa shape index (κ1) is 21.7. The van der Waals surface area contributed by atoms with E-state index in [1.54, 1.807) is 37.3 Å². The molecule has 1 aromatic carbocycles. The molecule has 0 unspecified atom stereocenters. The van der Waals surface area contributed by atoms with Crippen LogP contribution in [-0.4, -0.2) is 35.1 Å². The van der Waals surface area contributed by atoms with Gasteiger partial charge in [-0.1, -0.05) is 11.8 Å². The molecule has 0 radical (unpaired) electrons. The normalized spacial score (nSPS) is 11.1. The predicted molar refractivity (Wildman–Crippen MR) is 125 cm³/mol. The van der Waals surface area contributed by atoms with Gasteiger partial charge >= 0.3 is 0 Å². The Hall–Kier alpha value is -2.53. The summed E-state index contributed by atoms with van der Waals surface area (Å²) in [6.07, 6.45) is 0.